The molecule has 2 rings (SSSR count). The molecule has 1 aromatic rings. The van der Waals surface area contributed by atoms with E-state index in [9.17, 15) is 4.79 Å². The van der Waals surface area contributed by atoms with Gasteiger partial charge in [0, 0.05) is 4.88 Å². The van der Waals surface area contributed by atoms with Gasteiger partial charge in [0.15, 0.2) is 0 Å². The van der Waals surface area contributed by atoms with E-state index in [1.165, 1.54) is 6.34 Å². The van der Waals surface area contributed by atoms with Crippen molar-refractivity contribution in [2.45, 2.75) is 13.8 Å². The Labute approximate surface area is 74.1 Å². The number of aliphatic imine (C=N–C) groups is 1. The monoisotopic (exact) mass is 179 g/mol. The zero-order valence-corrected chi connectivity index (χ0v) is 7.60. The maximum atomic E-state index is 11.3. The van der Waals surface area contributed by atoms with Crippen molar-refractivity contribution in [3.63, 3.8) is 0 Å². The lowest BCUT2D eigenvalue weighted by atomic mass is 10.1. The smallest absolute Gasteiger partial charge is 0.267 e. The largest absolute Gasteiger partial charge is 0.281 e. The Hall–Kier alpha value is -1.16. The van der Waals surface area contributed by atoms with Crippen LogP contribution in [0.3, 0.4) is 0 Å². The van der Waals surface area contributed by atoms with Gasteiger partial charge >= 0.3 is 0 Å². The highest BCUT2D eigenvalue weighted by molar-refractivity contribution is 7.16. The lowest BCUT2D eigenvalue weighted by Gasteiger charge is -2.02. The van der Waals surface area contributed by atoms with Crippen molar-refractivity contribution in [1.29, 1.82) is 0 Å². The Morgan fingerprint density at radius 2 is 2.17 bits per heavy atom. The highest BCUT2D eigenvalue weighted by atomic mass is 32.1. The molecule has 1 aliphatic heterocycles. The van der Waals surface area contributed by atoms with E-state index < -0.39 is 0 Å². The molecule has 0 saturated heterocycles. The Morgan fingerprint density at radius 3 is 2.83 bits per heavy atom. The van der Waals surface area contributed by atoms with E-state index in [0.717, 1.165) is 15.4 Å². The Bertz CT molecular complexity index is 379. The molecule has 0 aromatic carbocycles. The number of nitrogens with zero attached hydrogens (tertiary/aromatic N) is 2. The fourth-order valence-corrected chi connectivity index (χ4v) is 2.14. The normalized spacial score (nSPS) is 14.3. The third-order valence-corrected chi connectivity index (χ3v) is 3.05. The molecule has 0 aliphatic carbocycles. The minimum atomic E-state index is -0.165. The van der Waals surface area contributed by atoms with Crippen LogP contribution in [0, 0.1) is 13.8 Å². The van der Waals surface area contributed by atoms with Crippen LogP contribution in [0.1, 0.15) is 20.8 Å². The second kappa shape index (κ2) is 2.42. The second-order valence-electron chi connectivity index (χ2n) is 2.64. The summed E-state index contributed by atoms with van der Waals surface area (Å²) in [6.07, 6.45) is 1.32. The predicted octanol–water partition coefficient (Wildman–Crippen LogP) is 1.78. The molecule has 0 saturated carbocycles. The van der Waals surface area contributed by atoms with Crippen molar-refractivity contribution in [3.05, 3.63) is 16.0 Å². The number of rotatable bonds is 0. The highest BCUT2D eigenvalue weighted by Crippen LogP contribution is 2.35. The van der Waals surface area contributed by atoms with Gasteiger partial charge in [-0.1, -0.05) is 0 Å². The number of aryl methyl sites for hydroxylation is 1. The summed E-state index contributed by atoms with van der Waals surface area (Å²) in [4.78, 5) is 16.4. The first-order valence-electron chi connectivity index (χ1n) is 3.58. The van der Waals surface area contributed by atoms with Gasteiger partial charge in [0.1, 0.15) is 11.3 Å². The number of amides is 1. The number of carbonyl (C=O) groups excluding carboxylic acids is 1. The first-order chi connectivity index (χ1) is 5.70. The van der Waals surface area contributed by atoms with Gasteiger partial charge in [0.05, 0.1) is 5.56 Å². The maximum absolute atomic E-state index is 11.3. The van der Waals surface area contributed by atoms with Gasteiger partial charge in [-0.15, -0.1) is 11.3 Å². The SMILES string of the molecule is Cc1sc2c(c1C)C(=O)[N]C=N2. The first kappa shape index (κ1) is 7.49. The summed E-state index contributed by atoms with van der Waals surface area (Å²) >= 11 is 1.54. The summed E-state index contributed by atoms with van der Waals surface area (Å²) in [5.41, 5.74) is 1.70. The quantitative estimate of drug-likeness (QED) is 0.598. The van der Waals surface area contributed by atoms with Gasteiger partial charge in [-0.25, -0.2) is 4.99 Å². The summed E-state index contributed by atoms with van der Waals surface area (Å²) < 4.78 is 0. The van der Waals surface area contributed by atoms with E-state index in [2.05, 4.69) is 10.3 Å². The third kappa shape index (κ3) is 0.881. The van der Waals surface area contributed by atoms with Gasteiger partial charge in [-0.05, 0) is 19.4 Å². The topological polar surface area (TPSA) is 43.5 Å². The molecule has 1 amide bonds. The van der Waals surface area contributed by atoms with Crippen LogP contribution >= 0.6 is 11.3 Å². The molecule has 4 heteroatoms. The second-order valence-corrected chi connectivity index (χ2v) is 3.85. The van der Waals surface area contributed by atoms with Crippen LogP contribution in [0.15, 0.2) is 4.99 Å². The molecule has 0 N–H and O–H groups in total. The lowest BCUT2D eigenvalue weighted by molar-refractivity contribution is 0.0974. The molecule has 0 fully saturated rings. The van der Waals surface area contributed by atoms with Gasteiger partial charge in [-0.3, -0.25) is 4.79 Å². The predicted molar refractivity (Wildman–Crippen MR) is 48.4 cm³/mol. The van der Waals surface area contributed by atoms with E-state index in [1.54, 1.807) is 11.3 Å². The number of thiophene rings is 1. The van der Waals surface area contributed by atoms with Crippen molar-refractivity contribution >= 4 is 28.6 Å². The van der Waals surface area contributed by atoms with E-state index in [1.807, 2.05) is 13.8 Å². The summed E-state index contributed by atoms with van der Waals surface area (Å²) in [7, 11) is 0. The van der Waals surface area contributed by atoms with Crippen molar-refractivity contribution in [2.24, 2.45) is 4.99 Å². The van der Waals surface area contributed by atoms with Gasteiger partial charge < -0.3 is 0 Å². The van der Waals surface area contributed by atoms with Gasteiger partial charge in [-0.2, -0.15) is 5.32 Å². The number of fused-ring (bicyclic) bond motifs is 1. The van der Waals surface area contributed by atoms with Crippen molar-refractivity contribution in [3.8, 4) is 0 Å². The van der Waals surface area contributed by atoms with E-state index in [4.69, 9.17) is 0 Å². The molecule has 0 atom stereocenters. The van der Waals surface area contributed by atoms with Crippen LogP contribution in [0.2, 0.25) is 0 Å². The average Bonchev–Trinajstić information content (AvgIpc) is 2.29. The molecule has 1 aromatic heterocycles. The highest BCUT2D eigenvalue weighted by Gasteiger charge is 2.21. The average molecular weight is 179 g/mol. The zero-order valence-electron chi connectivity index (χ0n) is 6.79. The first-order valence-corrected chi connectivity index (χ1v) is 4.39. The molecule has 12 heavy (non-hydrogen) atoms. The van der Waals surface area contributed by atoms with Crippen LogP contribution in [0.25, 0.3) is 0 Å². The summed E-state index contributed by atoms with van der Waals surface area (Å²) in [5, 5.41) is 4.42. The Kier molecular flexibility index (Phi) is 1.51. The minimum absolute atomic E-state index is 0.165. The molecule has 3 nitrogen and oxygen atoms in total. The van der Waals surface area contributed by atoms with Crippen LogP contribution < -0.4 is 5.32 Å². The summed E-state index contributed by atoms with van der Waals surface area (Å²) in [6, 6.07) is 0. The van der Waals surface area contributed by atoms with E-state index in [0.29, 0.717) is 5.56 Å². The molecule has 61 valence electrons. The van der Waals surface area contributed by atoms with Crippen molar-refractivity contribution < 1.29 is 4.79 Å². The van der Waals surface area contributed by atoms with Crippen LogP contribution in [0.4, 0.5) is 5.00 Å². The maximum Gasteiger partial charge on any atom is 0.281 e. The Morgan fingerprint density at radius 1 is 1.42 bits per heavy atom. The Balaban J connectivity index is 2.70. The molecular formula is C8H7N2OS. The molecule has 0 spiro atoms. The van der Waals surface area contributed by atoms with E-state index in [-0.39, 0.29) is 5.91 Å². The number of hydrogen-bond donors (Lipinski definition) is 0. The molecular weight excluding hydrogens is 172 g/mol. The zero-order chi connectivity index (χ0) is 8.72. The van der Waals surface area contributed by atoms with Crippen molar-refractivity contribution in [1.82, 2.24) is 5.32 Å². The molecule has 0 bridgehead atoms. The standard InChI is InChI=1S/C8H7N2OS/c1-4-5(2)12-8-6(4)7(11)9-3-10-8/h3H,1-2H3. The summed E-state index contributed by atoms with van der Waals surface area (Å²) in [5.74, 6) is -0.165. The van der Waals surface area contributed by atoms with Crippen LogP contribution in [-0.2, 0) is 0 Å². The molecule has 2 heterocycles. The van der Waals surface area contributed by atoms with Crippen LogP contribution in [-0.4, -0.2) is 12.2 Å². The summed E-state index contributed by atoms with van der Waals surface area (Å²) in [6.45, 7) is 3.92. The number of hydrogen-bond acceptors (Lipinski definition) is 3. The third-order valence-electron chi connectivity index (χ3n) is 1.93. The minimum Gasteiger partial charge on any atom is -0.267 e. The van der Waals surface area contributed by atoms with Crippen molar-refractivity contribution in [2.75, 3.05) is 0 Å². The lowest BCUT2D eigenvalue weighted by Crippen LogP contribution is -2.17. The van der Waals surface area contributed by atoms with Gasteiger partial charge in [0.2, 0.25) is 0 Å². The van der Waals surface area contributed by atoms with Crippen LogP contribution in [0.5, 0.6) is 0 Å². The fourth-order valence-electron chi connectivity index (χ4n) is 1.15. The van der Waals surface area contributed by atoms with E-state index >= 15 is 0 Å². The molecule has 0 unspecified atom stereocenters. The fraction of sp³-hybridized carbons (Fsp3) is 0.250. The number of carbonyl (C=O) groups is 1. The van der Waals surface area contributed by atoms with Gasteiger partial charge in [0.25, 0.3) is 5.91 Å². The molecule has 1 aliphatic rings. The molecule has 1 radical (unpaired) electrons.